The van der Waals surface area contributed by atoms with E-state index in [2.05, 4.69) is 0 Å². The predicted molar refractivity (Wildman–Crippen MR) is 66.8 cm³/mol. The molecule has 1 aliphatic rings. The second kappa shape index (κ2) is 5.02. The molecule has 0 radical (unpaired) electrons. The van der Waals surface area contributed by atoms with E-state index >= 15 is 0 Å². The number of carbonyl (C=O) groups is 1. The normalized spacial score (nSPS) is 22.0. The highest BCUT2D eigenvalue weighted by atomic mass is 32.2. The fourth-order valence-electron chi connectivity index (χ4n) is 1.99. The van der Waals surface area contributed by atoms with Crippen molar-refractivity contribution >= 4 is 17.5 Å². The van der Waals surface area contributed by atoms with Gasteiger partial charge in [0.05, 0.1) is 6.10 Å². The molecule has 1 saturated heterocycles. The van der Waals surface area contributed by atoms with Crippen LogP contribution in [0.25, 0.3) is 0 Å². The first-order valence-corrected chi connectivity index (χ1v) is 6.70. The first kappa shape index (κ1) is 11.7. The van der Waals surface area contributed by atoms with Gasteiger partial charge in [-0.1, -0.05) is 24.3 Å². The van der Waals surface area contributed by atoms with Gasteiger partial charge in [0.15, 0.2) is 5.78 Å². The molecule has 1 aromatic carbocycles. The zero-order valence-electron chi connectivity index (χ0n) is 9.35. The van der Waals surface area contributed by atoms with Crippen molar-refractivity contribution in [2.75, 3.05) is 11.5 Å². The molecule has 0 spiro atoms. The van der Waals surface area contributed by atoms with Gasteiger partial charge in [0, 0.05) is 5.56 Å². The summed E-state index contributed by atoms with van der Waals surface area (Å²) in [5.74, 6) is 2.62. The Morgan fingerprint density at radius 3 is 2.62 bits per heavy atom. The number of hydrogen-bond donors (Lipinski definition) is 1. The average molecular weight is 236 g/mol. The van der Waals surface area contributed by atoms with Crippen molar-refractivity contribution < 1.29 is 9.90 Å². The number of rotatable bonds is 3. The van der Waals surface area contributed by atoms with Crippen LogP contribution in [0.3, 0.4) is 0 Å². The van der Waals surface area contributed by atoms with Gasteiger partial charge in [0.2, 0.25) is 0 Å². The van der Waals surface area contributed by atoms with E-state index < -0.39 is 0 Å². The molecule has 2 atom stereocenters. The van der Waals surface area contributed by atoms with Gasteiger partial charge in [-0.25, -0.2) is 0 Å². The summed E-state index contributed by atoms with van der Waals surface area (Å²) in [7, 11) is 0. The molecule has 0 saturated carbocycles. The Bertz CT molecular complexity index is 366. The highest BCUT2D eigenvalue weighted by Gasteiger charge is 2.24. The molecule has 3 heteroatoms. The van der Waals surface area contributed by atoms with E-state index in [4.69, 9.17) is 0 Å². The van der Waals surface area contributed by atoms with E-state index in [-0.39, 0.29) is 11.9 Å². The van der Waals surface area contributed by atoms with Gasteiger partial charge in [0.25, 0.3) is 0 Å². The number of benzene rings is 1. The molecule has 0 aromatic heterocycles. The number of thioether (sulfide) groups is 1. The molecule has 1 aromatic rings. The third-order valence-electron chi connectivity index (χ3n) is 3.07. The standard InChI is InChI=1S/C13H16O2S/c1-9(14)10-2-4-11(5-3-10)13(15)12-6-7-16-8-12/h2-5,12-13,15H,6-8H2,1H3. The Hall–Kier alpha value is -0.800. The van der Waals surface area contributed by atoms with Gasteiger partial charge >= 0.3 is 0 Å². The van der Waals surface area contributed by atoms with Crippen LogP contribution in [0.15, 0.2) is 24.3 Å². The Balaban J connectivity index is 2.11. The average Bonchev–Trinajstić information content (AvgIpc) is 2.81. The van der Waals surface area contributed by atoms with Crippen molar-refractivity contribution in [1.29, 1.82) is 0 Å². The first-order valence-electron chi connectivity index (χ1n) is 5.55. The lowest BCUT2D eigenvalue weighted by molar-refractivity contribution is 0.101. The van der Waals surface area contributed by atoms with E-state index in [1.54, 1.807) is 19.1 Å². The van der Waals surface area contributed by atoms with Crippen LogP contribution < -0.4 is 0 Å². The first-order chi connectivity index (χ1) is 7.68. The van der Waals surface area contributed by atoms with Crippen LogP contribution in [-0.2, 0) is 0 Å². The molecule has 0 aliphatic carbocycles. The zero-order valence-corrected chi connectivity index (χ0v) is 10.2. The summed E-state index contributed by atoms with van der Waals surface area (Å²) < 4.78 is 0. The number of ketones is 1. The number of Topliss-reactive ketones (excluding diaryl/α,β-unsaturated/α-hetero) is 1. The monoisotopic (exact) mass is 236 g/mol. The summed E-state index contributed by atoms with van der Waals surface area (Å²) in [6.45, 7) is 1.55. The SMILES string of the molecule is CC(=O)c1ccc(C(O)C2CCSC2)cc1. The summed E-state index contributed by atoms with van der Waals surface area (Å²) in [4.78, 5) is 11.1. The molecule has 1 fully saturated rings. The summed E-state index contributed by atoms with van der Waals surface area (Å²) >= 11 is 1.90. The maximum Gasteiger partial charge on any atom is 0.159 e. The van der Waals surface area contributed by atoms with Crippen molar-refractivity contribution in [3.05, 3.63) is 35.4 Å². The Kier molecular flexibility index (Phi) is 3.66. The van der Waals surface area contributed by atoms with Gasteiger partial charge < -0.3 is 5.11 Å². The van der Waals surface area contributed by atoms with Crippen LogP contribution in [-0.4, -0.2) is 22.4 Å². The third-order valence-corrected chi connectivity index (χ3v) is 4.26. The molecule has 2 rings (SSSR count). The molecule has 2 nitrogen and oxygen atoms in total. The maximum absolute atomic E-state index is 11.1. The molecule has 86 valence electrons. The Morgan fingerprint density at radius 2 is 2.12 bits per heavy atom. The van der Waals surface area contributed by atoms with Gasteiger partial charge in [0.1, 0.15) is 0 Å². The van der Waals surface area contributed by atoms with E-state index in [9.17, 15) is 9.90 Å². The minimum atomic E-state index is -0.379. The molecular weight excluding hydrogens is 220 g/mol. The lowest BCUT2D eigenvalue weighted by atomic mass is 9.94. The van der Waals surface area contributed by atoms with Crippen LogP contribution in [0.5, 0.6) is 0 Å². The van der Waals surface area contributed by atoms with E-state index in [1.807, 2.05) is 23.9 Å². The summed E-state index contributed by atoms with van der Waals surface area (Å²) in [6, 6.07) is 7.32. The van der Waals surface area contributed by atoms with Crippen LogP contribution in [0.1, 0.15) is 35.4 Å². The molecule has 2 unspecified atom stereocenters. The molecule has 1 N–H and O–H groups in total. The second-order valence-electron chi connectivity index (χ2n) is 4.25. The van der Waals surface area contributed by atoms with E-state index in [0.717, 1.165) is 23.5 Å². The Labute approximate surface area is 100 Å². The minimum Gasteiger partial charge on any atom is -0.388 e. The lowest BCUT2D eigenvalue weighted by Crippen LogP contribution is -2.11. The molecule has 0 bridgehead atoms. The van der Waals surface area contributed by atoms with Crippen molar-refractivity contribution in [3.63, 3.8) is 0 Å². The topological polar surface area (TPSA) is 37.3 Å². The molecule has 16 heavy (non-hydrogen) atoms. The third kappa shape index (κ3) is 2.47. The minimum absolute atomic E-state index is 0.0671. The van der Waals surface area contributed by atoms with E-state index in [1.165, 1.54) is 0 Å². The van der Waals surface area contributed by atoms with Crippen LogP contribution >= 0.6 is 11.8 Å². The zero-order chi connectivity index (χ0) is 11.5. The number of aliphatic hydroxyl groups excluding tert-OH is 1. The van der Waals surface area contributed by atoms with Crippen molar-refractivity contribution in [3.8, 4) is 0 Å². The highest BCUT2D eigenvalue weighted by Crippen LogP contribution is 2.33. The van der Waals surface area contributed by atoms with Crippen LogP contribution in [0, 0.1) is 5.92 Å². The van der Waals surface area contributed by atoms with Crippen molar-refractivity contribution in [2.45, 2.75) is 19.4 Å². The summed E-state index contributed by atoms with van der Waals surface area (Å²) in [5, 5.41) is 10.2. The maximum atomic E-state index is 11.1. The van der Waals surface area contributed by atoms with Crippen molar-refractivity contribution in [1.82, 2.24) is 0 Å². The Morgan fingerprint density at radius 1 is 1.44 bits per heavy atom. The molecular formula is C13H16O2S. The summed E-state index contributed by atoms with van der Waals surface area (Å²) in [5.41, 5.74) is 1.63. The number of hydrogen-bond acceptors (Lipinski definition) is 3. The fraction of sp³-hybridized carbons (Fsp3) is 0.462. The molecule has 0 amide bonds. The van der Waals surface area contributed by atoms with Gasteiger partial charge in [-0.05, 0) is 36.3 Å². The largest absolute Gasteiger partial charge is 0.388 e. The van der Waals surface area contributed by atoms with Gasteiger partial charge in [-0.2, -0.15) is 11.8 Å². The fourth-order valence-corrected chi connectivity index (χ4v) is 3.28. The molecule has 1 heterocycles. The van der Waals surface area contributed by atoms with Gasteiger partial charge in [-0.15, -0.1) is 0 Å². The van der Waals surface area contributed by atoms with E-state index in [0.29, 0.717) is 11.5 Å². The molecule has 1 aliphatic heterocycles. The van der Waals surface area contributed by atoms with Crippen LogP contribution in [0.4, 0.5) is 0 Å². The second-order valence-corrected chi connectivity index (χ2v) is 5.40. The quantitative estimate of drug-likeness (QED) is 0.820. The summed E-state index contributed by atoms with van der Waals surface area (Å²) in [6.07, 6.45) is 0.705. The van der Waals surface area contributed by atoms with Crippen molar-refractivity contribution in [2.24, 2.45) is 5.92 Å². The van der Waals surface area contributed by atoms with Gasteiger partial charge in [-0.3, -0.25) is 4.79 Å². The lowest BCUT2D eigenvalue weighted by Gasteiger charge is -2.17. The predicted octanol–water partition coefficient (Wildman–Crippen LogP) is 2.68. The number of carbonyl (C=O) groups excluding carboxylic acids is 1. The van der Waals surface area contributed by atoms with Crippen LogP contribution in [0.2, 0.25) is 0 Å². The highest BCUT2D eigenvalue weighted by molar-refractivity contribution is 7.99. The number of aliphatic hydroxyl groups is 1. The smallest absolute Gasteiger partial charge is 0.159 e.